The minimum absolute atomic E-state index is 0.0942. The number of hydrogen-bond donors (Lipinski definition) is 0. The molecule has 0 saturated heterocycles. The molecule has 0 aromatic rings. The smallest absolute Gasteiger partial charge is 0.332 e. The molecular formula is C23H36O6. The van der Waals surface area contributed by atoms with Crippen LogP contribution in [0.2, 0.25) is 0 Å². The van der Waals surface area contributed by atoms with Crippen LogP contribution in [0.25, 0.3) is 0 Å². The van der Waals surface area contributed by atoms with Gasteiger partial charge < -0.3 is 14.2 Å². The third-order valence-electron chi connectivity index (χ3n) is 6.13. The molecule has 164 valence electrons. The maximum Gasteiger partial charge on any atom is 0.332 e. The summed E-state index contributed by atoms with van der Waals surface area (Å²) in [5.74, 6) is -0.266. The second-order valence-corrected chi connectivity index (χ2v) is 7.97. The van der Waals surface area contributed by atoms with Crippen LogP contribution in [0.3, 0.4) is 0 Å². The van der Waals surface area contributed by atoms with Gasteiger partial charge >= 0.3 is 17.9 Å². The summed E-state index contributed by atoms with van der Waals surface area (Å²) in [5, 5.41) is 0. The molecule has 0 heterocycles. The molecule has 2 bridgehead atoms. The van der Waals surface area contributed by atoms with Crippen LogP contribution in [0, 0.1) is 16.7 Å². The molecule has 0 aromatic heterocycles. The lowest BCUT2D eigenvalue weighted by Crippen LogP contribution is -2.38. The third kappa shape index (κ3) is 6.87. The zero-order valence-electron chi connectivity index (χ0n) is 18.7. The molecular weight excluding hydrogens is 372 g/mol. The van der Waals surface area contributed by atoms with E-state index in [2.05, 4.69) is 50.0 Å². The van der Waals surface area contributed by atoms with Crippen molar-refractivity contribution in [3.8, 4) is 0 Å². The first-order chi connectivity index (χ1) is 13.4. The first kappa shape index (κ1) is 26.6. The van der Waals surface area contributed by atoms with Crippen LogP contribution in [-0.4, -0.2) is 37.7 Å². The average Bonchev–Trinajstić information content (AvgIpc) is 3.01. The van der Waals surface area contributed by atoms with E-state index >= 15 is 0 Å². The van der Waals surface area contributed by atoms with Crippen LogP contribution >= 0.6 is 0 Å². The topological polar surface area (TPSA) is 78.9 Å². The van der Waals surface area contributed by atoms with Crippen molar-refractivity contribution >= 4 is 17.9 Å². The van der Waals surface area contributed by atoms with E-state index in [1.54, 1.807) is 13.8 Å². The molecule has 0 N–H and O–H groups in total. The number of carbonyl (C=O) groups excluding carboxylic acids is 3. The monoisotopic (exact) mass is 408 g/mol. The molecule has 6 heteroatoms. The molecule has 0 aliphatic heterocycles. The lowest BCUT2D eigenvalue weighted by Gasteiger charge is -2.38. The van der Waals surface area contributed by atoms with Gasteiger partial charge in [-0.15, -0.1) is 0 Å². The summed E-state index contributed by atoms with van der Waals surface area (Å²) < 4.78 is 14.2. The van der Waals surface area contributed by atoms with Crippen LogP contribution in [0.15, 0.2) is 37.5 Å². The molecule has 6 nitrogen and oxygen atoms in total. The van der Waals surface area contributed by atoms with Gasteiger partial charge in [0.25, 0.3) is 0 Å². The van der Waals surface area contributed by atoms with Gasteiger partial charge in [0.05, 0.1) is 13.7 Å². The molecule has 2 rings (SSSR count). The molecule has 0 amide bonds. The second kappa shape index (κ2) is 11.6. The van der Waals surface area contributed by atoms with Gasteiger partial charge in [-0.25, -0.2) is 14.4 Å². The molecule has 3 unspecified atom stereocenters. The zero-order chi connectivity index (χ0) is 22.8. The predicted molar refractivity (Wildman–Crippen MR) is 113 cm³/mol. The fraction of sp³-hybridized carbons (Fsp3) is 0.609. The molecule has 0 spiro atoms. The molecule has 2 aliphatic rings. The molecule has 0 radical (unpaired) electrons. The molecule has 29 heavy (non-hydrogen) atoms. The van der Waals surface area contributed by atoms with Crippen LogP contribution in [-0.2, 0) is 28.6 Å². The number of ether oxygens (including phenoxy) is 3. The van der Waals surface area contributed by atoms with Crippen molar-refractivity contribution in [2.45, 2.75) is 60.0 Å². The van der Waals surface area contributed by atoms with Crippen LogP contribution in [0.1, 0.15) is 53.9 Å². The molecule has 2 aliphatic carbocycles. The Kier molecular flexibility index (Phi) is 10.6. The summed E-state index contributed by atoms with van der Waals surface area (Å²) in [4.78, 5) is 31.5. The number of rotatable bonds is 5. The summed E-state index contributed by atoms with van der Waals surface area (Å²) in [6.45, 7) is 20.7. The molecule has 0 aromatic carbocycles. The number of esters is 3. The van der Waals surface area contributed by atoms with Gasteiger partial charge in [-0.3, -0.25) is 0 Å². The summed E-state index contributed by atoms with van der Waals surface area (Å²) in [5.41, 5.74) is 0.901. The van der Waals surface area contributed by atoms with Gasteiger partial charge in [0.2, 0.25) is 0 Å². The van der Waals surface area contributed by atoms with Gasteiger partial charge in [0, 0.05) is 23.1 Å². The largest absolute Gasteiger partial charge is 0.466 e. The molecule has 2 fully saturated rings. The second-order valence-electron chi connectivity index (χ2n) is 7.97. The highest BCUT2D eigenvalue weighted by Crippen LogP contribution is 2.66. The third-order valence-corrected chi connectivity index (χ3v) is 6.13. The van der Waals surface area contributed by atoms with E-state index in [1.165, 1.54) is 26.0 Å². The van der Waals surface area contributed by atoms with Gasteiger partial charge in [0.1, 0.15) is 6.10 Å². The number of methoxy groups -OCH3 is 1. The van der Waals surface area contributed by atoms with Gasteiger partial charge in [-0.05, 0) is 44.4 Å². The minimum atomic E-state index is -0.359. The Hall–Kier alpha value is -2.37. The zero-order valence-corrected chi connectivity index (χ0v) is 18.7. The Labute approximate surface area is 175 Å². The van der Waals surface area contributed by atoms with Crippen molar-refractivity contribution in [1.82, 2.24) is 0 Å². The van der Waals surface area contributed by atoms with E-state index in [0.717, 1.165) is 12.5 Å². The van der Waals surface area contributed by atoms with Crippen molar-refractivity contribution in [2.24, 2.45) is 16.7 Å². The maximum atomic E-state index is 11.3. The number of carbonyl (C=O) groups is 3. The quantitative estimate of drug-likeness (QED) is 0.381. The Morgan fingerprint density at radius 1 is 1.10 bits per heavy atom. The predicted octanol–water partition coefficient (Wildman–Crippen LogP) is 4.40. The van der Waals surface area contributed by atoms with E-state index in [4.69, 9.17) is 4.74 Å². The first-order valence-electron chi connectivity index (χ1n) is 9.77. The Bertz CT molecular complexity index is 631. The van der Waals surface area contributed by atoms with Crippen molar-refractivity contribution in [3.63, 3.8) is 0 Å². The van der Waals surface area contributed by atoms with Crippen molar-refractivity contribution in [2.75, 3.05) is 13.7 Å². The molecule has 2 saturated carbocycles. The van der Waals surface area contributed by atoms with Gasteiger partial charge in [-0.2, -0.15) is 0 Å². The first-order valence-corrected chi connectivity index (χ1v) is 9.77. The summed E-state index contributed by atoms with van der Waals surface area (Å²) in [6.07, 6.45) is 6.00. The van der Waals surface area contributed by atoms with E-state index in [1.807, 2.05) is 0 Å². The molecule has 3 atom stereocenters. The van der Waals surface area contributed by atoms with E-state index in [9.17, 15) is 14.4 Å². The summed E-state index contributed by atoms with van der Waals surface area (Å²) >= 11 is 0. The SMILES string of the molecule is C=C(C)C(=O)OC.C=CC(=O)OC1CC2CCC1(C)C2(C)C.C=CC(=O)OCC. The number of fused-ring (bicyclic) bond motifs is 2. The van der Waals surface area contributed by atoms with E-state index in [0.29, 0.717) is 23.5 Å². The van der Waals surface area contributed by atoms with E-state index in [-0.39, 0.29) is 29.4 Å². The fourth-order valence-electron chi connectivity index (χ4n) is 3.87. The Balaban J connectivity index is 0.000000473. The highest BCUT2D eigenvalue weighted by atomic mass is 16.5. The average molecular weight is 409 g/mol. The van der Waals surface area contributed by atoms with Crippen molar-refractivity contribution < 1.29 is 28.6 Å². The number of hydrogen-bond acceptors (Lipinski definition) is 6. The van der Waals surface area contributed by atoms with Crippen LogP contribution in [0.4, 0.5) is 0 Å². The summed E-state index contributed by atoms with van der Waals surface area (Å²) in [7, 11) is 1.33. The van der Waals surface area contributed by atoms with Gasteiger partial charge in [0.15, 0.2) is 0 Å². The Morgan fingerprint density at radius 2 is 1.66 bits per heavy atom. The lowest BCUT2D eigenvalue weighted by atomic mass is 9.70. The van der Waals surface area contributed by atoms with Crippen molar-refractivity contribution in [3.05, 3.63) is 37.5 Å². The maximum absolute atomic E-state index is 11.3. The Morgan fingerprint density at radius 3 is 1.90 bits per heavy atom. The highest BCUT2D eigenvalue weighted by molar-refractivity contribution is 5.86. The van der Waals surface area contributed by atoms with E-state index < -0.39 is 0 Å². The minimum Gasteiger partial charge on any atom is -0.466 e. The van der Waals surface area contributed by atoms with Crippen LogP contribution < -0.4 is 0 Å². The van der Waals surface area contributed by atoms with Crippen molar-refractivity contribution in [1.29, 1.82) is 0 Å². The lowest BCUT2D eigenvalue weighted by molar-refractivity contribution is -0.150. The normalized spacial score (nSPS) is 25.2. The van der Waals surface area contributed by atoms with Crippen LogP contribution in [0.5, 0.6) is 0 Å². The highest BCUT2D eigenvalue weighted by Gasteiger charge is 2.62. The van der Waals surface area contributed by atoms with Gasteiger partial charge in [-0.1, -0.05) is 40.5 Å². The fourth-order valence-corrected chi connectivity index (χ4v) is 3.87. The standard InChI is InChI=1S/C13H20O2.2C5H8O2/c1-5-11(14)15-10-8-9-6-7-13(10,4)12(9,2)3;1-4(2)5(6)7-3;1-3-5(6)7-4-2/h5,9-10H,1,6-8H2,2-4H3;1H2,2-3H3;3H,1,4H2,2H3. The summed E-state index contributed by atoms with van der Waals surface area (Å²) in [6, 6.07) is 0.